The van der Waals surface area contributed by atoms with Gasteiger partial charge < -0.3 is 9.64 Å². The summed E-state index contributed by atoms with van der Waals surface area (Å²) in [5.41, 5.74) is 5.33. The summed E-state index contributed by atoms with van der Waals surface area (Å²) in [6.07, 6.45) is 1.15. The van der Waals surface area contributed by atoms with Crippen molar-refractivity contribution in [2.75, 3.05) is 20.7 Å². The van der Waals surface area contributed by atoms with Crippen molar-refractivity contribution in [2.24, 2.45) is 0 Å². The van der Waals surface area contributed by atoms with Crippen molar-refractivity contribution in [1.29, 1.82) is 0 Å². The second-order valence-electron chi connectivity index (χ2n) is 5.17. The van der Waals surface area contributed by atoms with Crippen LogP contribution >= 0.6 is 0 Å². The zero-order valence-corrected chi connectivity index (χ0v) is 11.5. The highest BCUT2D eigenvalue weighted by molar-refractivity contribution is 5.71. The van der Waals surface area contributed by atoms with E-state index in [1.54, 1.807) is 7.11 Å². The predicted octanol–water partition coefficient (Wildman–Crippen LogP) is 3.35. The molecule has 0 saturated carbocycles. The molecule has 0 N–H and O–H groups in total. The highest BCUT2D eigenvalue weighted by Gasteiger charge is 2.14. The quantitative estimate of drug-likeness (QED) is 0.814. The zero-order valence-electron chi connectivity index (χ0n) is 11.5. The number of fused-ring (bicyclic) bond motifs is 1. The first kappa shape index (κ1) is 12.2. The minimum absolute atomic E-state index is 0.937. The van der Waals surface area contributed by atoms with Crippen LogP contribution in [-0.4, -0.2) is 25.6 Å². The van der Waals surface area contributed by atoms with Crippen LogP contribution < -0.4 is 4.74 Å². The Labute approximate surface area is 114 Å². The van der Waals surface area contributed by atoms with E-state index in [9.17, 15) is 0 Å². The molecule has 0 radical (unpaired) electrons. The van der Waals surface area contributed by atoms with E-state index in [4.69, 9.17) is 4.74 Å². The van der Waals surface area contributed by atoms with Crippen LogP contribution in [0.5, 0.6) is 5.75 Å². The molecule has 0 saturated heterocycles. The van der Waals surface area contributed by atoms with Gasteiger partial charge in [-0.2, -0.15) is 0 Å². The van der Waals surface area contributed by atoms with E-state index >= 15 is 0 Å². The molecule has 2 heteroatoms. The Morgan fingerprint density at radius 1 is 1.05 bits per heavy atom. The minimum Gasteiger partial charge on any atom is -0.496 e. The van der Waals surface area contributed by atoms with Crippen LogP contribution in [0.1, 0.15) is 11.1 Å². The molecule has 0 unspecified atom stereocenters. The zero-order chi connectivity index (χ0) is 13.2. The van der Waals surface area contributed by atoms with Crippen LogP contribution in [0.25, 0.3) is 11.1 Å². The topological polar surface area (TPSA) is 12.5 Å². The van der Waals surface area contributed by atoms with E-state index < -0.39 is 0 Å². The lowest BCUT2D eigenvalue weighted by atomic mass is 9.94. The third-order valence-electron chi connectivity index (χ3n) is 3.83. The first-order valence-corrected chi connectivity index (χ1v) is 6.71. The monoisotopic (exact) mass is 253 g/mol. The Morgan fingerprint density at radius 2 is 1.89 bits per heavy atom. The average Bonchev–Trinajstić information content (AvgIpc) is 2.46. The molecule has 2 aromatic rings. The Kier molecular flexibility index (Phi) is 3.26. The Hall–Kier alpha value is -1.80. The van der Waals surface area contributed by atoms with Crippen molar-refractivity contribution in [3.8, 4) is 16.9 Å². The smallest absolute Gasteiger partial charge is 0.126 e. The molecular weight excluding hydrogens is 234 g/mol. The van der Waals surface area contributed by atoms with E-state index in [1.807, 2.05) is 12.1 Å². The van der Waals surface area contributed by atoms with Gasteiger partial charge in [0.25, 0.3) is 0 Å². The lowest BCUT2D eigenvalue weighted by Gasteiger charge is -2.25. The SMILES string of the molecule is COc1ccccc1-c1ccc2c(c1)CN(C)CC2. The van der Waals surface area contributed by atoms with Crippen molar-refractivity contribution in [2.45, 2.75) is 13.0 Å². The molecular formula is C17H19NO. The molecule has 0 bridgehead atoms. The van der Waals surface area contributed by atoms with Crippen LogP contribution in [0.15, 0.2) is 42.5 Å². The van der Waals surface area contributed by atoms with Gasteiger partial charge in [-0.05, 0) is 42.3 Å². The molecule has 19 heavy (non-hydrogen) atoms. The van der Waals surface area contributed by atoms with E-state index in [0.29, 0.717) is 0 Å². The lowest BCUT2D eigenvalue weighted by Crippen LogP contribution is -2.26. The van der Waals surface area contributed by atoms with Crippen LogP contribution in [0.4, 0.5) is 0 Å². The normalized spacial score (nSPS) is 15.1. The molecule has 98 valence electrons. The lowest BCUT2D eigenvalue weighted by molar-refractivity contribution is 0.313. The van der Waals surface area contributed by atoms with Crippen molar-refractivity contribution in [3.05, 3.63) is 53.6 Å². The number of benzene rings is 2. The highest BCUT2D eigenvalue weighted by Crippen LogP contribution is 2.32. The van der Waals surface area contributed by atoms with Gasteiger partial charge in [-0.25, -0.2) is 0 Å². The fourth-order valence-electron chi connectivity index (χ4n) is 2.75. The molecule has 0 amide bonds. The maximum Gasteiger partial charge on any atom is 0.126 e. The molecule has 2 nitrogen and oxygen atoms in total. The maximum atomic E-state index is 5.45. The fraction of sp³-hybridized carbons (Fsp3) is 0.294. The van der Waals surface area contributed by atoms with Gasteiger partial charge in [-0.1, -0.05) is 30.3 Å². The number of methoxy groups -OCH3 is 1. The predicted molar refractivity (Wildman–Crippen MR) is 78.5 cm³/mol. The summed E-state index contributed by atoms with van der Waals surface area (Å²) < 4.78 is 5.45. The third kappa shape index (κ3) is 2.36. The van der Waals surface area contributed by atoms with Crippen LogP contribution in [-0.2, 0) is 13.0 Å². The van der Waals surface area contributed by atoms with Crippen molar-refractivity contribution in [3.63, 3.8) is 0 Å². The van der Waals surface area contributed by atoms with E-state index in [2.05, 4.69) is 42.3 Å². The van der Waals surface area contributed by atoms with Gasteiger partial charge >= 0.3 is 0 Å². The average molecular weight is 253 g/mol. The second-order valence-corrected chi connectivity index (χ2v) is 5.17. The fourth-order valence-corrected chi connectivity index (χ4v) is 2.75. The summed E-state index contributed by atoms with van der Waals surface area (Å²) in [7, 11) is 3.91. The van der Waals surface area contributed by atoms with Gasteiger partial charge in [-0.3, -0.25) is 0 Å². The first-order chi connectivity index (χ1) is 9.28. The van der Waals surface area contributed by atoms with Crippen LogP contribution in [0.3, 0.4) is 0 Å². The van der Waals surface area contributed by atoms with Crippen molar-refractivity contribution >= 4 is 0 Å². The number of nitrogens with zero attached hydrogens (tertiary/aromatic N) is 1. The van der Waals surface area contributed by atoms with Crippen LogP contribution in [0.2, 0.25) is 0 Å². The molecule has 0 aliphatic carbocycles. The molecule has 0 spiro atoms. The van der Waals surface area contributed by atoms with Crippen molar-refractivity contribution in [1.82, 2.24) is 4.90 Å². The van der Waals surface area contributed by atoms with Gasteiger partial charge in [0.1, 0.15) is 5.75 Å². The van der Waals surface area contributed by atoms with Gasteiger partial charge in [0, 0.05) is 18.7 Å². The van der Waals surface area contributed by atoms with E-state index in [0.717, 1.165) is 25.3 Å². The molecule has 1 heterocycles. The first-order valence-electron chi connectivity index (χ1n) is 6.71. The maximum absolute atomic E-state index is 5.45. The summed E-state index contributed by atoms with van der Waals surface area (Å²) in [6, 6.07) is 15.0. The minimum atomic E-state index is 0.937. The molecule has 0 aromatic heterocycles. The number of likely N-dealkylation sites (N-methyl/N-ethyl adjacent to an activating group) is 1. The second kappa shape index (κ2) is 5.06. The Morgan fingerprint density at radius 3 is 2.74 bits per heavy atom. The number of ether oxygens (including phenoxy) is 1. The Balaban J connectivity index is 2.04. The van der Waals surface area contributed by atoms with Gasteiger partial charge in [0.05, 0.1) is 7.11 Å². The van der Waals surface area contributed by atoms with Gasteiger partial charge in [-0.15, -0.1) is 0 Å². The summed E-state index contributed by atoms with van der Waals surface area (Å²) in [4.78, 5) is 2.37. The number of rotatable bonds is 2. The molecule has 3 rings (SSSR count). The largest absolute Gasteiger partial charge is 0.496 e. The van der Waals surface area contributed by atoms with E-state index in [1.165, 1.54) is 22.3 Å². The highest BCUT2D eigenvalue weighted by atomic mass is 16.5. The number of para-hydroxylation sites is 1. The molecule has 0 atom stereocenters. The van der Waals surface area contributed by atoms with Crippen LogP contribution in [0, 0.1) is 0 Å². The van der Waals surface area contributed by atoms with Gasteiger partial charge in [0.2, 0.25) is 0 Å². The summed E-state index contributed by atoms with van der Waals surface area (Å²) >= 11 is 0. The number of hydrogen-bond donors (Lipinski definition) is 0. The molecule has 1 aliphatic heterocycles. The van der Waals surface area contributed by atoms with Gasteiger partial charge in [0.15, 0.2) is 0 Å². The summed E-state index contributed by atoms with van der Waals surface area (Å²) in [5, 5.41) is 0. The summed E-state index contributed by atoms with van der Waals surface area (Å²) in [6.45, 7) is 2.19. The molecule has 0 fully saturated rings. The standard InChI is InChI=1S/C17H19NO/c1-18-10-9-13-7-8-14(11-15(13)12-18)16-5-3-4-6-17(16)19-2/h3-8,11H,9-10,12H2,1-2H3. The van der Waals surface area contributed by atoms with E-state index in [-0.39, 0.29) is 0 Å². The third-order valence-corrected chi connectivity index (χ3v) is 3.83. The molecule has 2 aromatic carbocycles. The Bertz CT molecular complexity index is 592. The number of hydrogen-bond acceptors (Lipinski definition) is 2. The molecule has 1 aliphatic rings. The summed E-state index contributed by atoms with van der Waals surface area (Å²) in [5.74, 6) is 0.937. The van der Waals surface area contributed by atoms with Crippen molar-refractivity contribution < 1.29 is 4.74 Å².